The van der Waals surface area contributed by atoms with Crippen LogP contribution in [0.2, 0.25) is 5.15 Å². The van der Waals surface area contributed by atoms with Gasteiger partial charge in [-0.1, -0.05) is 18.5 Å². The summed E-state index contributed by atoms with van der Waals surface area (Å²) in [5.74, 6) is 1.01. The molecule has 0 radical (unpaired) electrons. The minimum Gasteiger partial charge on any atom is -0.230 e. The quantitative estimate of drug-likeness (QED) is 0.527. The van der Waals surface area contributed by atoms with Gasteiger partial charge in [0, 0.05) is 5.56 Å². The molecule has 0 aliphatic heterocycles. The van der Waals surface area contributed by atoms with Gasteiger partial charge in [-0.25, -0.2) is 9.97 Å². The fourth-order valence-electron chi connectivity index (χ4n) is 0.696. The molecule has 0 fully saturated rings. The van der Waals surface area contributed by atoms with E-state index in [0.717, 1.165) is 16.3 Å². The van der Waals surface area contributed by atoms with Gasteiger partial charge in [0.2, 0.25) is 0 Å². The van der Waals surface area contributed by atoms with E-state index in [1.807, 2.05) is 6.92 Å². The molecule has 1 rings (SSSR count). The van der Waals surface area contributed by atoms with Crippen LogP contribution in [-0.4, -0.2) is 15.7 Å². The summed E-state index contributed by atoms with van der Waals surface area (Å²) in [6.45, 7) is 4.01. The summed E-state index contributed by atoms with van der Waals surface area (Å²) < 4.78 is 0. The van der Waals surface area contributed by atoms with Gasteiger partial charge in [0.15, 0.2) is 0 Å². The van der Waals surface area contributed by atoms with Gasteiger partial charge in [0.25, 0.3) is 0 Å². The predicted molar refractivity (Wildman–Crippen MR) is 48.2 cm³/mol. The molecule has 1 aromatic heterocycles. The first-order valence-electron chi connectivity index (χ1n) is 3.35. The van der Waals surface area contributed by atoms with Gasteiger partial charge in [-0.15, -0.1) is 11.8 Å². The van der Waals surface area contributed by atoms with Gasteiger partial charge < -0.3 is 0 Å². The van der Waals surface area contributed by atoms with Crippen LogP contribution in [0.4, 0.5) is 0 Å². The third-order valence-corrected chi connectivity index (χ3v) is 2.61. The highest BCUT2D eigenvalue weighted by atomic mass is 35.5. The fourth-order valence-corrected chi connectivity index (χ4v) is 1.59. The highest BCUT2D eigenvalue weighted by molar-refractivity contribution is 7.99. The average Bonchev–Trinajstić information content (AvgIpc) is 1.99. The highest BCUT2D eigenvalue weighted by Crippen LogP contribution is 2.22. The Kier molecular flexibility index (Phi) is 3.15. The van der Waals surface area contributed by atoms with Crippen molar-refractivity contribution in [3.05, 3.63) is 17.0 Å². The first kappa shape index (κ1) is 8.81. The Morgan fingerprint density at radius 3 is 2.91 bits per heavy atom. The van der Waals surface area contributed by atoms with Crippen LogP contribution in [0, 0.1) is 6.92 Å². The summed E-state index contributed by atoms with van der Waals surface area (Å²) in [5.41, 5.74) is 0.973. The molecule has 0 aromatic carbocycles. The van der Waals surface area contributed by atoms with E-state index in [1.165, 1.54) is 6.33 Å². The van der Waals surface area contributed by atoms with Crippen molar-refractivity contribution >= 4 is 23.4 Å². The average molecular weight is 189 g/mol. The SMILES string of the molecule is CCSc1ncnc(Cl)c1C. The van der Waals surface area contributed by atoms with Crippen LogP contribution in [0.25, 0.3) is 0 Å². The van der Waals surface area contributed by atoms with Crippen molar-refractivity contribution in [3.8, 4) is 0 Å². The number of nitrogens with zero attached hydrogens (tertiary/aromatic N) is 2. The molecule has 0 aliphatic rings. The molecule has 0 unspecified atom stereocenters. The van der Waals surface area contributed by atoms with E-state index in [9.17, 15) is 0 Å². The summed E-state index contributed by atoms with van der Waals surface area (Å²) in [6, 6.07) is 0. The lowest BCUT2D eigenvalue weighted by Crippen LogP contribution is -1.89. The van der Waals surface area contributed by atoms with Crippen molar-refractivity contribution in [2.75, 3.05) is 5.75 Å². The highest BCUT2D eigenvalue weighted by Gasteiger charge is 2.02. The lowest BCUT2D eigenvalue weighted by atomic mass is 10.4. The second kappa shape index (κ2) is 3.93. The van der Waals surface area contributed by atoms with Gasteiger partial charge in [0.1, 0.15) is 16.5 Å². The van der Waals surface area contributed by atoms with Crippen LogP contribution in [0.1, 0.15) is 12.5 Å². The zero-order valence-electron chi connectivity index (χ0n) is 6.47. The number of thioether (sulfide) groups is 1. The summed E-state index contributed by atoms with van der Waals surface area (Å²) in [4.78, 5) is 7.96. The predicted octanol–water partition coefficient (Wildman–Crippen LogP) is 2.55. The van der Waals surface area contributed by atoms with Crippen LogP contribution in [0.5, 0.6) is 0 Å². The molecule has 60 valence electrons. The maximum Gasteiger partial charge on any atom is 0.136 e. The lowest BCUT2D eigenvalue weighted by Gasteiger charge is -2.01. The molecule has 0 atom stereocenters. The second-order valence-electron chi connectivity index (χ2n) is 2.03. The molecule has 0 N–H and O–H groups in total. The van der Waals surface area contributed by atoms with Crippen LogP contribution in [0.15, 0.2) is 11.4 Å². The van der Waals surface area contributed by atoms with E-state index in [1.54, 1.807) is 11.8 Å². The van der Waals surface area contributed by atoms with E-state index in [0.29, 0.717) is 5.15 Å². The standard InChI is InChI=1S/C7H9ClN2S/c1-3-11-7-5(2)6(8)9-4-10-7/h4H,3H2,1-2H3. The second-order valence-corrected chi connectivity index (χ2v) is 3.64. The first-order chi connectivity index (χ1) is 5.25. The third kappa shape index (κ3) is 2.07. The molecular formula is C7H9ClN2S. The molecule has 0 saturated heterocycles. The number of hydrogen-bond donors (Lipinski definition) is 0. The zero-order valence-corrected chi connectivity index (χ0v) is 8.04. The van der Waals surface area contributed by atoms with E-state index >= 15 is 0 Å². The Balaban J connectivity index is 2.96. The maximum absolute atomic E-state index is 5.79. The lowest BCUT2D eigenvalue weighted by molar-refractivity contribution is 1.00. The third-order valence-electron chi connectivity index (χ3n) is 1.26. The Labute approximate surface area is 75.4 Å². The van der Waals surface area contributed by atoms with Crippen LogP contribution in [-0.2, 0) is 0 Å². The molecular weight excluding hydrogens is 180 g/mol. The molecule has 1 aromatic rings. The molecule has 2 nitrogen and oxygen atoms in total. The van der Waals surface area contributed by atoms with Crippen molar-refractivity contribution in [1.82, 2.24) is 9.97 Å². The Hall–Kier alpha value is -0.280. The van der Waals surface area contributed by atoms with Gasteiger partial charge in [-0.05, 0) is 12.7 Å². The maximum atomic E-state index is 5.79. The minimum atomic E-state index is 0.552. The molecule has 0 aliphatic carbocycles. The van der Waals surface area contributed by atoms with Gasteiger partial charge in [0.05, 0.1) is 0 Å². The van der Waals surface area contributed by atoms with Crippen LogP contribution in [0.3, 0.4) is 0 Å². The number of aromatic nitrogens is 2. The van der Waals surface area contributed by atoms with E-state index < -0.39 is 0 Å². The van der Waals surface area contributed by atoms with Crippen molar-refractivity contribution in [2.45, 2.75) is 18.9 Å². The zero-order chi connectivity index (χ0) is 8.27. The summed E-state index contributed by atoms with van der Waals surface area (Å²) in [7, 11) is 0. The Morgan fingerprint density at radius 1 is 1.55 bits per heavy atom. The van der Waals surface area contributed by atoms with E-state index in [2.05, 4.69) is 16.9 Å². The normalized spacial score (nSPS) is 10.1. The number of halogens is 1. The van der Waals surface area contributed by atoms with Crippen molar-refractivity contribution in [2.24, 2.45) is 0 Å². The number of hydrogen-bond acceptors (Lipinski definition) is 3. The van der Waals surface area contributed by atoms with E-state index in [-0.39, 0.29) is 0 Å². The van der Waals surface area contributed by atoms with E-state index in [4.69, 9.17) is 11.6 Å². The van der Waals surface area contributed by atoms with Crippen molar-refractivity contribution in [3.63, 3.8) is 0 Å². The Morgan fingerprint density at radius 2 is 2.27 bits per heavy atom. The van der Waals surface area contributed by atoms with Crippen molar-refractivity contribution < 1.29 is 0 Å². The molecule has 0 amide bonds. The summed E-state index contributed by atoms with van der Waals surface area (Å²) in [5, 5.41) is 1.53. The molecule has 0 bridgehead atoms. The summed E-state index contributed by atoms with van der Waals surface area (Å²) >= 11 is 7.47. The van der Waals surface area contributed by atoms with Crippen LogP contribution >= 0.6 is 23.4 Å². The van der Waals surface area contributed by atoms with Crippen molar-refractivity contribution in [1.29, 1.82) is 0 Å². The first-order valence-corrected chi connectivity index (χ1v) is 4.72. The smallest absolute Gasteiger partial charge is 0.136 e. The molecule has 11 heavy (non-hydrogen) atoms. The molecule has 1 heterocycles. The molecule has 0 spiro atoms. The van der Waals surface area contributed by atoms with Crippen LogP contribution < -0.4 is 0 Å². The number of rotatable bonds is 2. The van der Waals surface area contributed by atoms with Gasteiger partial charge >= 0.3 is 0 Å². The largest absolute Gasteiger partial charge is 0.230 e. The molecule has 4 heteroatoms. The summed E-state index contributed by atoms with van der Waals surface area (Å²) in [6.07, 6.45) is 1.49. The Bertz CT molecular complexity index is 252. The minimum absolute atomic E-state index is 0.552. The van der Waals surface area contributed by atoms with Gasteiger partial charge in [-0.3, -0.25) is 0 Å². The monoisotopic (exact) mass is 188 g/mol. The van der Waals surface area contributed by atoms with Gasteiger partial charge in [-0.2, -0.15) is 0 Å². The topological polar surface area (TPSA) is 25.8 Å². The fraction of sp³-hybridized carbons (Fsp3) is 0.429. The molecule has 0 saturated carbocycles.